The smallest absolute Gasteiger partial charge is 0.294 e. The van der Waals surface area contributed by atoms with Gasteiger partial charge in [0.1, 0.15) is 10.7 Å². The van der Waals surface area contributed by atoms with E-state index in [1.165, 1.54) is 38.4 Å². The topological polar surface area (TPSA) is 185 Å². The zero-order valence-corrected chi connectivity index (χ0v) is 36.4. The van der Waals surface area contributed by atoms with Gasteiger partial charge in [-0.3, -0.25) is 38.6 Å². The molecule has 9 rings (SSSR count). The largest absolute Gasteiger partial charge is 0.478 e. The number of anilines is 4. The van der Waals surface area contributed by atoms with Gasteiger partial charge in [-0.1, -0.05) is 11.6 Å². The van der Waals surface area contributed by atoms with E-state index in [0.29, 0.717) is 52.3 Å². The molecule has 7 heterocycles. The lowest BCUT2D eigenvalue weighted by Crippen LogP contribution is -2.58. The average molecular weight is 865 g/mol. The monoisotopic (exact) mass is 864 g/mol. The molecule has 0 radical (unpaired) electrons. The molecule has 1 aliphatic carbocycles. The number of amides is 3. The van der Waals surface area contributed by atoms with Crippen LogP contribution in [0.5, 0.6) is 5.75 Å². The summed E-state index contributed by atoms with van der Waals surface area (Å²) in [6, 6.07) is 9.68. The van der Waals surface area contributed by atoms with Gasteiger partial charge in [0.2, 0.25) is 17.8 Å². The highest BCUT2D eigenvalue weighted by atomic mass is 35.5. The van der Waals surface area contributed by atoms with E-state index in [1.54, 1.807) is 23.0 Å². The minimum absolute atomic E-state index is 0.0671. The molecule has 1 saturated carbocycles. The van der Waals surface area contributed by atoms with Crippen molar-refractivity contribution in [3.05, 3.63) is 63.8 Å². The van der Waals surface area contributed by atoms with E-state index in [-0.39, 0.29) is 47.1 Å². The number of imide groups is 1. The van der Waals surface area contributed by atoms with E-state index >= 15 is 0 Å². The summed E-state index contributed by atoms with van der Waals surface area (Å²) in [5.74, 6) is 0.628. The number of piperazine rings is 1. The van der Waals surface area contributed by atoms with Crippen LogP contribution < -0.4 is 36.0 Å². The molecule has 62 heavy (non-hydrogen) atoms. The van der Waals surface area contributed by atoms with Crippen LogP contribution in [0.25, 0.3) is 21.9 Å². The molecule has 3 N–H and O–H groups in total. The van der Waals surface area contributed by atoms with Gasteiger partial charge in [0.15, 0.2) is 18.2 Å². The number of hydrogen-bond acceptors (Lipinski definition) is 13. The number of carbonyl (C=O) groups excluding carboxylic acids is 3. The van der Waals surface area contributed by atoms with Crippen molar-refractivity contribution in [3.8, 4) is 5.75 Å². The Morgan fingerprint density at radius 1 is 1.00 bits per heavy atom. The molecule has 5 aromatic rings. The standard InChI is InChI=1S/C44H53ClN12O5/c1-26(2)57-40-28(18-35(42(57)61)62-23-37(59)46-3)17-29(20-47-40)49-39-33(45)21-48-43(51-39)56-24-44(25-56)11-9-27(10-12-44)22-54-13-15-55(16-14-54)30-5-6-31-34(19-30)53(4)52-38(31)32-7-8-36(58)50-41(32)60/h5-6,17-21,26-27,32H,7-16,22-25H2,1-4H3,(H,46,59)(H,48,49,51)(H,50,58,60). The molecule has 1 atom stereocenters. The van der Waals surface area contributed by atoms with Crippen LogP contribution in [-0.4, -0.2) is 111 Å². The maximum atomic E-state index is 13.2. The highest BCUT2D eigenvalue weighted by Crippen LogP contribution is 2.47. The van der Waals surface area contributed by atoms with Gasteiger partial charge in [0.25, 0.3) is 11.5 Å². The fourth-order valence-corrected chi connectivity index (χ4v) is 9.87. The number of nitrogens with zero attached hydrogens (tertiary/aromatic N) is 9. The number of pyridine rings is 2. The van der Waals surface area contributed by atoms with E-state index in [9.17, 15) is 19.2 Å². The number of piperidine rings is 1. The van der Waals surface area contributed by atoms with E-state index in [1.807, 2.05) is 31.6 Å². The van der Waals surface area contributed by atoms with Gasteiger partial charge in [-0.25, -0.2) is 9.97 Å². The first kappa shape index (κ1) is 41.5. The van der Waals surface area contributed by atoms with Crippen molar-refractivity contribution in [1.29, 1.82) is 0 Å². The minimum Gasteiger partial charge on any atom is -0.478 e. The second kappa shape index (κ2) is 16.8. The molecule has 326 valence electrons. The minimum atomic E-state index is -0.407. The van der Waals surface area contributed by atoms with Crippen LogP contribution in [0.15, 0.2) is 47.5 Å². The molecular formula is C44H53ClN12O5. The first-order valence-electron chi connectivity index (χ1n) is 21.6. The van der Waals surface area contributed by atoms with E-state index in [2.05, 4.69) is 58.8 Å². The van der Waals surface area contributed by atoms with Crippen molar-refractivity contribution >= 4 is 74.4 Å². The number of likely N-dealkylation sites (N-methyl/N-ethyl adjacent to an activating group) is 1. The number of fused-ring (bicyclic) bond motifs is 2. The lowest BCUT2D eigenvalue weighted by atomic mass is 9.66. The predicted octanol–water partition coefficient (Wildman–Crippen LogP) is 4.51. The number of hydrogen-bond donors (Lipinski definition) is 3. The number of nitrogens with one attached hydrogen (secondary N) is 3. The number of aryl methyl sites for hydroxylation is 1. The molecule has 3 saturated heterocycles. The molecular weight excluding hydrogens is 812 g/mol. The lowest BCUT2D eigenvalue weighted by molar-refractivity contribution is -0.134. The van der Waals surface area contributed by atoms with Crippen LogP contribution >= 0.6 is 11.6 Å². The van der Waals surface area contributed by atoms with Crippen molar-refractivity contribution in [2.24, 2.45) is 18.4 Å². The maximum absolute atomic E-state index is 13.2. The van der Waals surface area contributed by atoms with E-state index < -0.39 is 5.92 Å². The summed E-state index contributed by atoms with van der Waals surface area (Å²) < 4.78 is 9.01. The summed E-state index contributed by atoms with van der Waals surface area (Å²) >= 11 is 6.61. The molecule has 1 aromatic carbocycles. The van der Waals surface area contributed by atoms with Gasteiger partial charge in [-0.2, -0.15) is 10.1 Å². The summed E-state index contributed by atoms with van der Waals surface area (Å²) in [5, 5.41) is 15.0. The van der Waals surface area contributed by atoms with E-state index in [4.69, 9.17) is 26.4 Å². The second-order valence-corrected chi connectivity index (χ2v) is 18.1. The number of benzene rings is 1. The normalized spacial score (nSPS) is 19.6. The third-order valence-electron chi connectivity index (χ3n) is 13.2. The van der Waals surface area contributed by atoms with E-state index in [0.717, 1.165) is 62.4 Å². The van der Waals surface area contributed by atoms with Gasteiger partial charge in [0, 0.05) is 94.2 Å². The summed E-state index contributed by atoms with van der Waals surface area (Å²) in [7, 11) is 3.43. The van der Waals surface area contributed by atoms with Crippen LogP contribution in [-0.2, 0) is 21.4 Å². The Morgan fingerprint density at radius 3 is 2.50 bits per heavy atom. The number of carbonyl (C=O) groups is 3. The first-order valence-corrected chi connectivity index (χ1v) is 22.0. The lowest BCUT2D eigenvalue weighted by Gasteiger charge is -2.54. The Morgan fingerprint density at radius 2 is 1.77 bits per heavy atom. The first-order chi connectivity index (χ1) is 29.9. The zero-order valence-electron chi connectivity index (χ0n) is 35.6. The van der Waals surface area contributed by atoms with Gasteiger partial charge in [-0.15, -0.1) is 0 Å². The van der Waals surface area contributed by atoms with Crippen LogP contribution in [0.4, 0.5) is 23.1 Å². The fraction of sp³-hybridized carbons (Fsp3) is 0.500. The van der Waals surface area contributed by atoms with Gasteiger partial charge in [0.05, 0.1) is 35.2 Å². The van der Waals surface area contributed by atoms with Crippen molar-refractivity contribution in [1.82, 2.24) is 44.8 Å². The van der Waals surface area contributed by atoms with Crippen LogP contribution in [0.2, 0.25) is 5.02 Å². The number of rotatable bonds is 11. The Labute approximate surface area is 364 Å². The Hall–Kier alpha value is -5.81. The quantitative estimate of drug-likeness (QED) is 0.158. The molecule has 3 amide bonds. The summed E-state index contributed by atoms with van der Waals surface area (Å²) in [4.78, 5) is 70.7. The summed E-state index contributed by atoms with van der Waals surface area (Å²) in [6.45, 7) is 10.4. The molecule has 0 bridgehead atoms. The third kappa shape index (κ3) is 8.15. The van der Waals surface area contributed by atoms with Gasteiger partial charge >= 0.3 is 0 Å². The Kier molecular flexibility index (Phi) is 11.3. The molecule has 18 heteroatoms. The highest BCUT2D eigenvalue weighted by molar-refractivity contribution is 6.33. The van der Waals surface area contributed by atoms with Crippen LogP contribution in [0.1, 0.15) is 70.0 Å². The Bertz CT molecular complexity index is 2600. The summed E-state index contributed by atoms with van der Waals surface area (Å²) in [6.07, 6.45) is 8.91. The maximum Gasteiger partial charge on any atom is 0.294 e. The number of ether oxygens (including phenoxy) is 1. The van der Waals surface area contributed by atoms with Crippen LogP contribution in [0, 0.1) is 11.3 Å². The Balaban J connectivity index is 0.772. The molecule has 17 nitrogen and oxygen atoms in total. The molecule has 4 fully saturated rings. The number of aromatic nitrogens is 6. The fourth-order valence-electron chi connectivity index (χ4n) is 9.73. The predicted molar refractivity (Wildman–Crippen MR) is 237 cm³/mol. The molecule has 3 aliphatic heterocycles. The molecule has 4 aromatic heterocycles. The van der Waals surface area contributed by atoms with Crippen molar-refractivity contribution in [2.45, 2.75) is 64.3 Å². The zero-order chi connectivity index (χ0) is 43.3. The molecule has 1 spiro atoms. The second-order valence-electron chi connectivity index (χ2n) is 17.7. The van der Waals surface area contributed by atoms with Crippen molar-refractivity contribution in [3.63, 3.8) is 0 Å². The number of halogens is 1. The van der Waals surface area contributed by atoms with Crippen LogP contribution in [0.3, 0.4) is 0 Å². The van der Waals surface area contributed by atoms with Gasteiger partial charge < -0.3 is 25.2 Å². The third-order valence-corrected chi connectivity index (χ3v) is 13.5. The van der Waals surface area contributed by atoms with Crippen molar-refractivity contribution in [2.75, 3.05) is 74.6 Å². The summed E-state index contributed by atoms with van der Waals surface area (Å²) in [5.41, 5.74) is 3.96. The van der Waals surface area contributed by atoms with Gasteiger partial charge in [-0.05, 0) is 82.2 Å². The molecule has 1 unspecified atom stereocenters. The highest BCUT2D eigenvalue weighted by Gasteiger charge is 2.46. The average Bonchev–Trinajstić information content (AvgIpc) is 3.58. The SMILES string of the molecule is CNC(=O)COc1cc2cc(Nc3nc(N4CC5(CCC(CN6CCN(c7ccc8c(C9CCC(=O)NC9=O)nn(C)c8c7)CC6)CC5)C4)ncc3Cl)cnc2n(C(C)C)c1=O. The van der Waals surface area contributed by atoms with Crippen molar-refractivity contribution < 1.29 is 19.1 Å². The molecule has 4 aliphatic rings.